The summed E-state index contributed by atoms with van der Waals surface area (Å²) in [5.41, 5.74) is 2.51. The van der Waals surface area contributed by atoms with Crippen LogP contribution in [0.5, 0.6) is 11.5 Å². The van der Waals surface area contributed by atoms with E-state index in [1.165, 1.54) is 10.3 Å². The summed E-state index contributed by atoms with van der Waals surface area (Å²) in [6.07, 6.45) is 4.10. The molecule has 4 aromatic rings. The van der Waals surface area contributed by atoms with E-state index in [1.54, 1.807) is 68.8 Å². The molecule has 2 aromatic heterocycles. The molecule has 210 valence electrons. The van der Waals surface area contributed by atoms with Crippen molar-refractivity contribution in [1.29, 1.82) is 0 Å². The topological polar surface area (TPSA) is 119 Å². The summed E-state index contributed by atoms with van der Waals surface area (Å²) in [5, 5.41) is 3.97. The van der Waals surface area contributed by atoms with E-state index in [4.69, 9.17) is 9.47 Å². The standard InChI is InChI=1S/C28H32N6O5S/c1-32-15-20-13-21(14-23(38-3)26(20)39-4)31-27-25-19(9-8-12-33(2)24(35)17-32)16-34(28(25)30-18-29-27)40(36,37)22-10-6-5-7-11-22/h5-7,10-11,13-14,16,18H,8-9,12,15,17H2,1-4H3,(H,29,30,31). The van der Waals surface area contributed by atoms with Gasteiger partial charge in [0.1, 0.15) is 12.1 Å². The summed E-state index contributed by atoms with van der Waals surface area (Å²) in [6.45, 7) is 1.16. The molecule has 3 heterocycles. The second kappa shape index (κ2) is 11.1. The molecular weight excluding hydrogens is 532 g/mol. The van der Waals surface area contributed by atoms with Gasteiger partial charge < -0.3 is 19.7 Å². The van der Waals surface area contributed by atoms with Crippen molar-refractivity contribution in [3.05, 3.63) is 66.1 Å². The van der Waals surface area contributed by atoms with E-state index >= 15 is 0 Å². The maximum absolute atomic E-state index is 13.7. The quantitative estimate of drug-likeness (QED) is 0.398. The number of nitrogens with zero attached hydrogens (tertiary/aromatic N) is 5. The summed E-state index contributed by atoms with van der Waals surface area (Å²) in [4.78, 5) is 25.6. The van der Waals surface area contributed by atoms with Crippen molar-refractivity contribution >= 4 is 38.5 Å². The van der Waals surface area contributed by atoms with Crippen LogP contribution in [0.1, 0.15) is 17.5 Å². The third kappa shape index (κ3) is 5.19. The van der Waals surface area contributed by atoms with Crippen molar-refractivity contribution < 1.29 is 22.7 Å². The molecule has 0 aliphatic carbocycles. The fraction of sp³-hybridized carbons (Fsp3) is 0.321. The number of hydrogen-bond donors (Lipinski definition) is 1. The molecule has 0 unspecified atom stereocenters. The molecule has 0 saturated carbocycles. The predicted octanol–water partition coefficient (Wildman–Crippen LogP) is 3.27. The molecule has 1 aliphatic rings. The Morgan fingerprint density at radius 1 is 0.975 bits per heavy atom. The van der Waals surface area contributed by atoms with Crippen molar-refractivity contribution in [2.75, 3.05) is 46.7 Å². The van der Waals surface area contributed by atoms with Crippen molar-refractivity contribution in [3.8, 4) is 11.5 Å². The van der Waals surface area contributed by atoms with Gasteiger partial charge in [-0.15, -0.1) is 0 Å². The highest BCUT2D eigenvalue weighted by Gasteiger charge is 2.25. The van der Waals surface area contributed by atoms with Crippen molar-refractivity contribution in [2.45, 2.75) is 24.3 Å². The number of ether oxygens (including phenoxy) is 2. The zero-order chi connectivity index (χ0) is 28.4. The van der Waals surface area contributed by atoms with E-state index in [-0.39, 0.29) is 23.0 Å². The molecule has 12 heteroatoms. The number of methoxy groups -OCH3 is 2. The maximum Gasteiger partial charge on any atom is 0.269 e. The number of benzene rings is 2. The number of anilines is 2. The fourth-order valence-electron chi connectivity index (χ4n) is 4.98. The van der Waals surface area contributed by atoms with Crippen LogP contribution in [0.25, 0.3) is 11.0 Å². The molecule has 0 fully saturated rings. The van der Waals surface area contributed by atoms with Gasteiger partial charge in [-0.1, -0.05) is 18.2 Å². The highest BCUT2D eigenvalue weighted by atomic mass is 32.2. The van der Waals surface area contributed by atoms with Gasteiger partial charge in [-0.2, -0.15) is 0 Å². The Morgan fingerprint density at radius 3 is 2.48 bits per heavy atom. The van der Waals surface area contributed by atoms with E-state index < -0.39 is 10.0 Å². The monoisotopic (exact) mass is 564 g/mol. The minimum Gasteiger partial charge on any atom is -0.493 e. The molecule has 1 N–H and O–H groups in total. The Hall–Kier alpha value is -4.16. The molecule has 1 aliphatic heterocycles. The Labute approximate surface area is 233 Å². The third-order valence-corrected chi connectivity index (χ3v) is 8.62. The summed E-state index contributed by atoms with van der Waals surface area (Å²) < 4.78 is 39.8. The van der Waals surface area contributed by atoms with Crippen molar-refractivity contribution in [3.63, 3.8) is 0 Å². The maximum atomic E-state index is 13.7. The summed E-state index contributed by atoms with van der Waals surface area (Å²) in [7, 11) is 2.87. The largest absolute Gasteiger partial charge is 0.493 e. The number of fused-ring (bicyclic) bond motifs is 2. The average molecular weight is 565 g/mol. The van der Waals surface area contributed by atoms with Gasteiger partial charge in [0.25, 0.3) is 10.0 Å². The molecule has 40 heavy (non-hydrogen) atoms. The van der Waals surface area contributed by atoms with Gasteiger partial charge in [0, 0.05) is 43.7 Å². The fourth-order valence-corrected chi connectivity index (χ4v) is 6.34. The number of rotatable bonds is 4. The number of aryl methyl sites for hydroxylation is 1. The first-order valence-corrected chi connectivity index (χ1v) is 14.3. The van der Waals surface area contributed by atoms with Crippen molar-refractivity contribution in [1.82, 2.24) is 23.7 Å². The second-order valence-corrected chi connectivity index (χ2v) is 11.6. The zero-order valence-corrected chi connectivity index (χ0v) is 23.7. The highest BCUT2D eigenvalue weighted by molar-refractivity contribution is 7.90. The minimum absolute atomic E-state index is 0.0179. The molecule has 0 radical (unpaired) electrons. The highest BCUT2D eigenvalue weighted by Crippen LogP contribution is 2.38. The number of likely N-dealkylation sites (N-methyl/N-ethyl adjacent to an activating group) is 2. The van der Waals surface area contributed by atoms with E-state index in [0.717, 1.165) is 11.1 Å². The number of hydrogen-bond acceptors (Lipinski definition) is 9. The summed E-state index contributed by atoms with van der Waals surface area (Å²) >= 11 is 0. The average Bonchev–Trinajstić information content (AvgIpc) is 3.33. The van der Waals surface area contributed by atoms with Gasteiger partial charge in [-0.3, -0.25) is 9.69 Å². The smallest absolute Gasteiger partial charge is 0.269 e. The first-order valence-electron chi connectivity index (χ1n) is 12.8. The zero-order valence-electron chi connectivity index (χ0n) is 22.9. The second-order valence-electron chi connectivity index (χ2n) is 9.78. The van der Waals surface area contributed by atoms with Gasteiger partial charge in [-0.05, 0) is 43.7 Å². The van der Waals surface area contributed by atoms with Crippen LogP contribution in [0.3, 0.4) is 0 Å². The third-order valence-electron chi connectivity index (χ3n) is 6.96. The Kier molecular flexibility index (Phi) is 7.63. The van der Waals surface area contributed by atoms with Crippen LogP contribution in [0, 0.1) is 0 Å². The number of carbonyl (C=O) groups is 1. The first kappa shape index (κ1) is 27.4. The Bertz CT molecular complexity index is 1650. The number of nitrogens with one attached hydrogen (secondary N) is 1. The lowest BCUT2D eigenvalue weighted by atomic mass is 10.1. The van der Waals surface area contributed by atoms with Crippen molar-refractivity contribution in [2.24, 2.45) is 0 Å². The molecule has 11 nitrogen and oxygen atoms in total. The van der Waals surface area contributed by atoms with E-state index in [0.29, 0.717) is 54.3 Å². The molecule has 5 rings (SSSR count). The lowest BCUT2D eigenvalue weighted by molar-refractivity contribution is -0.131. The van der Waals surface area contributed by atoms with E-state index in [9.17, 15) is 13.2 Å². The molecule has 0 atom stereocenters. The van der Waals surface area contributed by atoms with Gasteiger partial charge in [0.05, 0.1) is 31.0 Å². The van der Waals surface area contributed by atoms with Gasteiger partial charge >= 0.3 is 0 Å². The number of carbonyl (C=O) groups excluding carboxylic acids is 1. The molecule has 2 bridgehead atoms. The van der Waals surface area contributed by atoms with Crippen LogP contribution in [0.2, 0.25) is 0 Å². The molecule has 0 spiro atoms. The minimum atomic E-state index is -3.92. The Balaban J connectivity index is 1.70. The van der Waals surface area contributed by atoms with Gasteiger partial charge in [0.15, 0.2) is 17.1 Å². The predicted molar refractivity (Wildman–Crippen MR) is 152 cm³/mol. The van der Waals surface area contributed by atoms with Crippen LogP contribution >= 0.6 is 0 Å². The van der Waals surface area contributed by atoms with Gasteiger partial charge in [0.2, 0.25) is 5.91 Å². The number of aromatic nitrogens is 3. The van der Waals surface area contributed by atoms with Crippen LogP contribution in [0.4, 0.5) is 11.5 Å². The molecule has 0 saturated heterocycles. The van der Waals surface area contributed by atoms with Crippen LogP contribution in [-0.2, 0) is 27.8 Å². The van der Waals surface area contributed by atoms with Crippen LogP contribution in [0.15, 0.2) is 59.9 Å². The molecule has 2 aromatic carbocycles. The normalized spacial score (nSPS) is 15.3. The van der Waals surface area contributed by atoms with E-state index in [1.807, 2.05) is 18.0 Å². The Morgan fingerprint density at radius 2 is 1.75 bits per heavy atom. The van der Waals surface area contributed by atoms with Crippen LogP contribution in [-0.4, -0.2) is 79.5 Å². The number of amides is 1. The lowest BCUT2D eigenvalue weighted by Gasteiger charge is -2.23. The van der Waals surface area contributed by atoms with Crippen LogP contribution < -0.4 is 14.8 Å². The summed E-state index contributed by atoms with van der Waals surface area (Å²) in [5.74, 6) is 1.53. The van der Waals surface area contributed by atoms with Gasteiger partial charge in [-0.25, -0.2) is 22.4 Å². The SMILES string of the molecule is COc1cc2cc(c1OC)CN(C)CC(=O)N(C)CCCc1cn(S(=O)(=O)c3ccccc3)c3ncnc(c13)N2. The molecular formula is C28H32N6O5S. The summed E-state index contributed by atoms with van der Waals surface area (Å²) in [6, 6.07) is 12.0. The molecule has 1 amide bonds. The lowest BCUT2D eigenvalue weighted by Crippen LogP contribution is -2.37. The first-order chi connectivity index (χ1) is 19.2. The van der Waals surface area contributed by atoms with E-state index in [2.05, 4.69) is 15.3 Å².